The van der Waals surface area contributed by atoms with Crippen molar-refractivity contribution in [3.63, 3.8) is 0 Å². The van der Waals surface area contributed by atoms with Crippen LogP contribution < -0.4 is 16.4 Å². The van der Waals surface area contributed by atoms with Gasteiger partial charge < -0.3 is 16.4 Å². The van der Waals surface area contributed by atoms with Gasteiger partial charge in [-0.15, -0.1) is 0 Å². The van der Waals surface area contributed by atoms with Gasteiger partial charge in [-0.05, 0) is 73.4 Å². The van der Waals surface area contributed by atoms with Crippen LogP contribution in [0.3, 0.4) is 0 Å². The Morgan fingerprint density at radius 1 is 1.09 bits per heavy atom. The van der Waals surface area contributed by atoms with Crippen molar-refractivity contribution in [1.82, 2.24) is 0 Å². The van der Waals surface area contributed by atoms with Gasteiger partial charge in [-0.1, -0.05) is 19.1 Å². The van der Waals surface area contributed by atoms with Crippen molar-refractivity contribution in [3.05, 3.63) is 58.7 Å². The summed E-state index contributed by atoms with van der Waals surface area (Å²) >= 11 is 4.85. The van der Waals surface area contributed by atoms with E-state index in [1.54, 1.807) is 0 Å². The highest BCUT2D eigenvalue weighted by molar-refractivity contribution is 7.80. The molecule has 0 heterocycles. The van der Waals surface area contributed by atoms with Crippen LogP contribution in [0.2, 0.25) is 0 Å². The summed E-state index contributed by atoms with van der Waals surface area (Å²) in [5, 5.41) is 6.11. The molecule has 0 aromatic heterocycles. The molecule has 0 saturated heterocycles. The van der Waals surface area contributed by atoms with Gasteiger partial charge in [-0.25, -0.2) is 0 Å². The Kier molecular flexibility index (Phi) is 5.34. The van der Waals surface area contributed by atoms with Gasteiger partial charge in [-0.2, -0.15) is 0 Å². The fourth-order valence-corrected chi connectivity index (χ4v) is 2.57. The van der Waals surface area contributed by atoms with E-state index < -0.39 is 0 Å². The smallest absolute Gasteiger partial charge is 0.255 e. The van der Waals surface area contributed by atoms with E-state index in [-0.39, 0.29) is 11.0 Å². The summed E-state index contributed by atoms with van der Waals surface area (Å²) in [6.07, 6.45) is 0.956. The summed E-state index contributed by atoms with van der Waals surface area (Å²) in [7, 11) is 0. The summed E-state index contributed by atoms with van der Waals surface area (Å²) < 4.78 is 0. The zero-order valence-electron chi connectivity index (χ0n) is 13.6. The Balaban J connectivity index is 2.21. The average molecular weight is 327 g/mol. The molecule has 2 aromatic carbocycles. The van der Waals surface area contributed by atoms with Crippen LogP contribution in [0.15, 0.2) is 36.4 Å². The molecule has 5 heteroatoms. The molecule has 0 fully saturated rings. The number of nitrogens with two attached hydrogens (primary N) is 1. The minimum absolute atomic E-state index is 0.117. The molecule has 0 radical (unpaired) electrons. The Labute approximate surface area is 142 Å². The predicted octanol–water partition coefficient (Wildman–Crippen LogP) is 3.77. The van der Waals surface area contributed by atoms with Gasteiger partial charge in [-0.3, -0.25) is 4.79 Å². The van der Waals surface area contributed by atoms with Crippen molar-refractivity contribution in [2.24, 2.45) is 5.73 Å². The maximum absolute atomic E-state index is 12.4. The molecule has 0 unspecified atom stereocenters. The molecule has 0 aliphatic carbocycles. The third-order valence-corrected chi connectivity index (χ3v) is 3.77. The SMILES string of the molecule is CCc1ccc(C(=O)Nc2c(C)cc(NC(N)=S)cc2C)cc1. The van der Waals surface area contributed by atoms with Crippen LogP contribution >= 0.6 is 12.2 Å². The van der Waals surface area contributed by atoms with Crippen LogP contribution in [0.1, 0.15) is 34.0 Å². The number of benzene rings is 2. The van der Waals surface area contributed by atoms with Gasteiger partial charge in [0.05, 0.1) is 0 Å². The normalized spacial score (nSPS) is 10.2. The van der Waals surface area contributed by atoms with E-state index >= 15 is 0 Å². The van der Waals surface area contributed by atoms with Crippen LogP contribution in [0.5, 0.6) is 0 Å². The molecule has 0 saturated carbocycles. The number of carbonyl (C=O) groups is 1. The Morgan fingerprint density at radius 2 is 1.65 bits per heavy atom. The molecule has 4 N–H and O–H groups in total. The third-order valence-electron chi connectivity index (χ3n) is 3.66. The van der Waals surface area contributed by atoms with Crippen LogP contribution in [0, 0.1) is 13.8 Å². The maximum atomic E-state index is 12.4. The van der Waals surface area contributed by atoms with E-state index in [1.807, 2.05) is 50.2 Å². The lowest BCUT2D eigenvalue weighted by atomic mass is 10.1. The molecule has 0 aliphatic heterocycles. The maximum Gasteiger partial charge on any atom is 0.255 e. The Morgan fingerprint density at radius 3 is 2.13 bits per heavy atom. The number of hydrogen-bond donors (Lipinski definition) is 3. The predicted molar refractivity (Wildman–Crippen MR) is 100 cm³/mol. The highest BCUT2D eigenvalue weighted by atomic mass is 32.1. The molecule has 2 aromatic rings. The topological polar surface area (TPSA) is 67.2 Å². The van der Waals surface area contributed by atoms with E-state index in [1.165, 1.54) is 5.56 Å². The lowest BCUT2D eigenvalue weighted by Gasteiger charge is -2.14. The number of amides is 1. The van der Waals surface area contributed by atoms with E-state index in [2.05, 4.69) is 17.6 Å². The zero-order valence-corrected chi connectivity index (χ0v) is 14.4. The second-order valence-electron chi connectivity index (χ2n) is 5.48. The second kappa shape index (κ2) is 7.24. The van der Waals surface area contributed by atoms with Gasteiger partial charge >= 0.3 is 0 Å². The first-order chi connectivity index (χ1) is 10.9. The molecule has 0 atom stereocenters. The van der Waals surface area contributed by atoms with Crippen LogP contribution in [-0.4, -0.2) is 11.0 Å². The molecule has 2 rings (SSSR count). The number of aryl methyl sites for hydroxylation is 3. The lowest BCUT2D eigenvalue weighted by Crippen LogP contribution is -2.19. The third kappa shape index (κ3) is 4.29. The Bertz CT molecular complexity index is 715. The van der Waals surface area contributed by atoms with Gasteiger partial charge in [0.1, 0.15) is 0 Å². The molecule has 1 amide bonds. The molecule has 120 valence electrons. The summed E-state index contributed by atoms with van der Waals surface area (Å²) in [6, 6.07) is 11.5. The molecular weight excluding hydrogens is 306 g/mol. The first kappa shape index (κ1) is 17.0. The van der Waals surface area contributed by atoms with Crippen LogP contribution in [0.4, 0.5) is 11.4 Å². The standard InChI is InChI=1S/C18H21N3OS/c1-4-13-5-7-14(8-6-13)17(22)21-16-11(2)9-15(10-12(16)3)20-18(19)23/h5-10H,4H2,1-3H3,(H,21,22)(H3,19,20,23). The van der Waals surface area contributed by atoms with E-state index in [9.17, 15) is 4.79 Å². The highest BCUT2D eigenvalue weighted by Crippen LogP contribution is 2.25. The molecule has 23 heavy (non-hydrogen) atoms. The fourth-order valence-electron chi connectivity index (χ4n) is 2.45. The number of nitrogens with one attached hydrogen (secondary N) is 2. The van der Waals surface area contributed by atoms with Crippen molar-refractivity contribution >= 4 is 34.6 Å². The van der Waals surface area contributed by atoms with Crippen molar-refractivity contribution in [2.45, 2.75) is 27.2 Å². The quantitative estimate of drug-likeness (QED) is 0.748. The first-order valence-electron chi connectivity index (χ1n) is 7.48. The van der Waals surface area contributed by atoms with Crippen molar-refractivity contribution in [3.8, 4) is 0 Å². The van der Waals surface area contributed by atoms with E-state index in [0.29, 0.717) is 5.56 Å². The van der Waals surface area contributed by atoms with Gasteiger partial charge in [0.2, 0.25) is 0 Å². The summed E-state index contributed by atoms with van der Waals surface area (Å²) in [5.41, 5.74) is 10.9. The molecule has 0 spiro atoms. The molecular formula is C18H21N3OS. The lowest BCUT2D eigenvalue weighted by molar-refractivity contribution is 0.102. The molecule has 0 bridgehead atoms. The minimum Gasteiger partial charge on any atom is -0.376 e. The second-order valence-corrected chi connectivity index (χ2v) is 5.92. The van der Waals surface area contributed by atoms with Crippen molar-refractivity contribution in [1.29, 1.82) is 0 Å². The molecule has 0 aliphatic rings. The number of rotatable bonds is 4. The number of hydrogen-bond acceptors (Lipinski definition) is 2. The van der Waals surface area contributed by atoms with Crippen LogP contribution in [-0.2, 0) is 6.42 Å². The summed E-state index contributed by atoms with van der Waals surface area (Å²) in [6.45, 7) is 5.96. The zero-order chi connectivity index (χ0) is 17.0. The first-order valence-corrected chi connectivity index (χ1v) is 7.89. The van der Waals surface area contributed by atoms with Gasteiger partial charge in [0, 0.05) is 16.9 Å². The monoisotopic (exact) mass is 327 g/mol. The van der Waals surface area contributed by atoms with E-state index in [0.717, 1.165) is 28.9 Å². The fraction of sp³-hybridized carbons (Fsp3) is 0.222. The van der Waals surface area contributed by atoms with E-state index in [4.69, 9.17) is 18.0 Å². The largest absolute Gasteiger partial charge is 0.376 e. The van der Waals surface area contributed by atoms with Crippen molar-refractivity contribution < 1.29 is 4.79 Å². The number of carbonyl (C=O) groups excluding carboxylic acids is 1. The highest BCUT2D eigenvalue weighted by Gasteiger charge is 2.11. The molecule has 4 nitrogen and oxygen atoms in total. The minimum atomic E-state index is -0.117. The number of anilines is 2. The summed E-state index contributed by atoms with van der Waals surface area (Å²) in [5.74, 6) is -0.117. The average Bonchev–Trinajstić information content (AvgIpc) is 2.50. The number of thiocarbonyl (C=S) groups is 1. The van der Waals surface area contributed by atoms with Crippen molar-refractivity contribution in [2.75, 3.05) is 10.6 Å². The van der Waals surface area contributed by atoms with Gasteiger partial charge in [0.15, 0.2) is 5.11 Å². The van der Waals surface area contributed by atoms with Gasteiger partial charge in [0.25, 0.3) is 5.91 Å². The van der Waals surface area contributed by atoms with Crippen LogP contribution in [0.25, 0.3) is 0 Å². The summed E-state index contributed by atoms with van der Waals surface area (Å²) in [4.78, 5) is 12.4. The Hall–Kier alpha value is -2.40.